The van der Waals surface area contributed by atoms with Crippen molar-refractivity contribution in [1.29, 1.82) is 0 Å². The lowest BCUT2D eigenvalue weighted by molar-refractivity contribution is -0.271. The maximum Gasteiger partial charge on any atom is 0.335 e. The summed E-state index contributed by atoms with van der Waals surface area (Å²) in [6.45, 7) is 0.258. The van der Waals surface area contributed by atoms with Gasteiger partial charge in [0.05, 0.1) is 6.10 Å². The molecule has 0 amide bonds. The van der Waals surface area contributed by atoms with Crippen molar-refractivity contribution in [1.82, 2.24) is 5.32 Å². The van der Waals surface area contributed by atoms with Gasteiger partial charge < -0.3 is 45.4 Å². The lowest BCUT2D eigenvalue weighted by atomic mass is 9.99. The summed E-state index contributed by atoms with van der Waals surface area (Å²) in [6.07, 6.45) is -9.67. The molecule has 1 aromatic rings. The number of ether oxygens (including phenoxy) is 2. The molecule has 0 saturated carbocycles. The fourth-order valence-electron chi connectivity index (χ4n) is 2.43. The topological polar surface area (TPSA) is 169 Å². The number of aromatic hydroxyl groups is 1. The third kappa shape index (κ3) is 4.18. The van der Waals surface area contributed by atoms with E-state index in [1.54, 1.807) is 7.05 Å². The largest absolute Gasteiger partial charge is 0.504 e. The van der Waals surface area contributed by atoms with Gasteiger partial charge in [0.1, 0.15) is 18.3 Å². The van der Waals surface area contributed by atoms with Crippen molar-refractivity contribution < 1.29 is 44.9 Å². The third-order valence-electron chi connectivity index (χ3n) is 3.82. The van der Waals surface area contributed by atoms with Crippen molar-refractivity contribution in [3.8, 4) is 11.5 Å². The summed E-state index contributed by atoms with van der Waals surface area (Å²) in [4.78, 5) is 11.0. The minimum atomic E-state index is -1.83. The predicted molar refractivity (Wildman–Crippen MR) is 81.9 cm³/mol. The van der Waals surface area contributed by atoms with Gasteiger partial charge in [0.15, 0.2) is 17.6 Å². The van der Waals surface area contributed by atoms with Crippen LogP contribution in [-0.4, -0.2) is 80.9 Å². The van der Waals surface area contributed by atoms with Crippen LogP contribution in [0.5, 0.6) is 11.5 Å². The number of phenolic OH excluding ortho intramolecular Hbond substituents is 1. The smallest absolute Gasteiger partial charge is 0.335 e. The van der Waals surface area contributed by atoms with Crippen molar-refractivity contribution in [2.24, 2.45) is 0 Å². The highest BCUT2D eigenvalue weighted by molar-refractivity contribution is 5.73. The van der Waals surface area contributed by atoms with Crippen LogP contribution in [0.3, 0.4) is 0 Å². The Morgan fingerprint density at radius 1 is 1.28 bits per heavy atom. The van der Waals surface area contributed by atoms with E-state index in [0.29, 0.717) is 5.56 Å². The number of hydrogen-bond acceptors (Lipinski definition) is 9. The lowest BCUT2D eigenvalue weighted by Gasteiger charge is -2.38. The van der Waals surface area contributed by atoms with Crippen LogP contribution < -0.4 is 10.1 Å². The first-order valence-electron chi connectivity index (χ1n) is 7.51. The van der Waals surface area contributed by atoms with Crippen molar-refractivity contribution in [3.05, 3.63) is 23.8 Å². The Morgan fingerprint density at radius 3 is 2.52 bits per heavy atom. The maximum absolute atomic E-state index is 11.0. The minimum absolute atomic E-state index is 0.155. The molecule has 1 fully saturated rings. The number of rotatable bonds is 6. The number of hydrogen-bond donors (Lipinski definition) is 7. The number of carbonyl (C=O) groups is 1. The van der Waals surface area contributed by atoms with Crippen LogP contribution in [0.25, 0.3) is 0 Å². The quantitative estimate of drug-likeness (QED) is 0.299. The molecule has 1 aromatic carbocycles. The Labute approximate surface area is 142 Å². The molecular weight excluding hydrogens is 338 g/mol. The van der Waals surface area contributed by atoms with Crippen molar-refractivity contribution in [3.63, 3.8) is 0 Å². The number of aliphatic hydroxyl groups excluding tert-OH is 4. The molecule has 25 heavy (non-hydrogen) atoms. The average molecular weight is 359 g/mol. The zero-order chi connectivity index (χ0) is 18.7. The van der Waals surface area contributed by atoms with Crippen LogP contribution in [0, 0.1) is 0 Å². The number of aliphatic hydroxyl groups is 4. The molecule has 0 radical (unpaired) electrons. The standard InChI is InChI=1S/C15H21NO9/c1-16-5-8(18)6-2-3-9(7(17)4-6)24-15-12(21)10(19)11(20)13(25-15)14(22)23/h2-4,8,10-13,15-21H,5H2,1H3,(H,22,23)/t8-,10-,11-,12-,13+,15+/m0/s1. The van der Waals surface area contributed by atoms with E-state index in [1.807, 2.05) is 0 Å². The van der Waals surface area contributed by atoms with Crippen LogP contribution in [0.1, 0.15) is 11.7 Å². The molecule has 7 N–H and O–H groups in total. The van der Waals surface area contributed by atoms with E-state index in [4.69, 9.17) is 14.6 Å². The zero-order valence-electron chi connectivity index (χ0n) is 13.3. The summed E-state index contributed by atoms with van der Waals surface area (Å²) in [5, 5.41) is 60.8. The molecule has 0 spiro atoms. The Balaban J connectivity index is 2.16. The molecule has 140 valence electrons. The molecule has 6 atom stereocenters. The minimum Gasteiger partial charge on any atom is -0.504 e. The molecule has 0 aromatic heterocycles. The summed E-state index contributed by atoms with van der Waals surface area (Å²) >= 11 is 0. The first-order chi connectivity index (χ1) is 11.8. The van der Waals surface area contributed by atoms with E-state index >= 15 is 0 Å². The maximum atomic E-state index is 11.0. The van der Waals surface area contributed by atoms with Crippen molar-refractivity contribution in [2.75, 3.05) is 13.6 Å². The Kier molecular flexibility index (Phi) is 6.16. The van der Waals surface area contributed by atoms with Crippen LogP contribution in [0.4, 0.5) is 0 Å². The number of nitrogens with one attached hydrogen (secondary N) is 1. The Hall–Kier alpha value is -1.95. The Bertz CT molecular complexity index is 611. The number of likely N-dealkylation sites (N-methyl/N-ethyl adjacent to an activating group) is 1. The molecule has 2 rings (SSSR count). The predicted octanol–water partition coefficient (Wildman–Crippen LogP) is -2.08. The van der Waals surface area contributed by atoms with E-state index in [9.17, 15) is 30.3 Å². The van der Waals surface area contributed by atoms with E-state index in [1.165, 1.54) is 18.2 Å². The Morgan fingerprint density at radius 2 is 1.96 bits per heavy atom. The molecule has 1 saturated heterocycles. The third-order valence-corrected chi connectivity index (χ3v) is 3.82. The number of benzene rings is 1. The molecule has 10 heteroatoms. The average Bonchev–Trinajstić information content (AvgIpc) is 2.56. The second-order valence-corrected chi connectivity index (χ2v) is 5.65. The highest BCUT2D eigenvalue weighted by Gasteiger charge is 2.48. The van der Waals surface area contributed by atoms with Gasteiger partial charge >= 0.3 is 5.97 Å². The van der Waals surface area contributed by atoms with Gasteiger partial charge in [-0.05, 0) is 24.7 Å². The molecule has 1 heterocycles. The van der Waals surface area contributed by atoms with E-state index < -0.39 is 42.8 Å². The molecule has 1 aliphatic rings. The fourth-order valence-corrected chi connectivity index (χ4v) is 2.43. The summed E-state index contributed by atoms with van der Waals surface area (Å²) in [5.41, 5.74) is 0.406. The zero-order valence-corrected chi connectivity index (χ0v) is 13.3. The van der Waals surface area contributed by atoms with Gasteiger partial charge in [-0.1, -0.05) is 6.07 Å². The summed E-state index contributed by atoms with van der Waals surface area (Å²) in [5.74, 6) is -2.07. The van der Waals surface area contributed by atoms with Gasteiger partial charge in [0.25, 0.3) is 0 Å². The SMILES string of the molecule is CNC[C@H](O)c1ccc(O[C@@H]2O[C@@H](C(=O)O)[C@@H](O)[C@H](O)[C@@H]2O)c(O)c1. The first-order valence-corrected chi connectivity index (χ1v) is 7.51. The van der Waals surface area contributed by atoms with Gasteiger partial charge in [0, 0.05) is 6.54 Å². The summed E-state index contributed by atoms with van der Waals surface area (Å²) < 4.78 is 10.2. The molecule has 0 unspecified atom stereocenters. The number of aliphatic carboxylic acids is 1. The monoisotopic (exact) mass is 359 g/mol. The summed E-state index contributed by atoms with van der Waals surface area (Å²) in [6, 6.07) is 4.01. The van der Waals surface area contributed by atoms with E-state index in [-0.39, 0.29) is 18.0 Å². The first kappa shape index (κ1) is 19.4. The van der Waals surface area contributed by atoms with Crippen LogP contribution in [0.2, 0.25) is 0 Å². The van der Waals surface area contributed by atoms with E-state index in [0.717, 1.165) is 0 Å². The van der Waals surface area contributed by atoms with Gasteiger partial charge in [0.2, 0.25) is 6.29 Å². The highest BCUT2D eigenvalue weighted by Crippen LogP contribution is 2.32. The second kappa shape index (κ2) is 7.95. The van der Waals surface area contributed by atoms with Gasteiger partial charge in [-0.15, -0.1) is 0 Å². The number of carboxylic acids is 1. The molecule has 10 nitrogen and oxygen atoms in total. The fraction of sp³-hybridized carbons (Fsp3) is 0.533. The van der Waals surface area contributed by atoms with Crippen molar-refractivity contribution >= 4 is 5.97 Å². The number of phenols is 1. The van der Waals surface area contributed by atoms with Crippen molar-refractivity contribution in [2.45, 2.75) is 36.8 Å². The summed E-state index contributed by atoms with van der Waals surface area (Å²) in [7, 11) is 1.65. The normalized spacial score (nSPS) is 30.7. The van der Waals surface area contributed by atoms with Gasteiger partial charge in [-0.2, -0.15) is 0 Å². The van der Waals surface area contributed by atoms with Crippen LogP contribution in [0.15, 0.2) is 18.2 Å². The van der Waals surface area contributed by atoms with Crippen LogP contribution >= 0.6 is 0 Å². The highest BCUT2D eigenvalue weighted by atomic mass is 16.7. The molecular formula is C15H21NO9. The molecule has 0 bridgehead atoms. The molecule has 1 aliphatic heterocycles. The second-order valence-electron chi connectivity index (χ2n) is 5.65. The van der Waals surface area contributed by atoms with Gasteiger partial charge in [-0.3, -0.25) is 0 Å². The number of carboxylic acid groups (broad SMARTS) is 1. The van der Waals surface area contributed by atoms with Gasteiger partial charge in [-0.25, -0.2) is 4.79 Å². The molecule has 0 aliphatic carbocycles. The van der Waals surface area contributed by atoms with Crippen LogP contribution in [-0.2, 0) is 9.53 Å². The van der Waals surface area contributed by atoms with E-state index in [2.05, 4.69) is 5.32 Å². The lowest BCUT2D eigenvalue weighted by Crippen LogP contribution is -2.61.